The molecule has 0 aromatic heterocycles. The number of rotatable bonds is 25. The van der Waals surface area contributed by atoms with Crippen LogP contribution in [0, 0.1) is 5.92 Å². The molecule has 9 rings (SSSR count). The van der Waals surface area contributed by atoms with Gasteiger partial charge in [-0.15, -0.1) is 0 Å². The molecule has 7 amide bonds. The van der Waals surface area contributed by atoms with Crippen LogP contribution in [0.4, 0.5) is 22.7 Å². The quantitative estimate of drug-likeness (QED) is 0.0423. The number of ether oxygens (including phenoxy) is 4. The fraction of sp³-hybridized carbons (Fsp3) is 0.400. The van der Waals surface area contributed by atoms with Gasteiger partial charge in [0.15, 0.2) is 23.0 Å². The summed E-state index contributed by atoms with van der Waals surface area (Å²) in [6, 6.07) is 20.5. The maximum absolute atomic E-state index is 14.2. The number of nitrogens with zero attached hydrogens (tertiary/aromatic N) is 7. The number of aliphatic imine (C=N–C) groups is 2. The van der Waals surface area contributed by atoms with E-state index in [1.165, 1.54) is 32.1 Å². The molecule has 0 spiro atoms. The van der Waals surface area contributed by atoms with Crippen molar-refractivity contribution in [1.29, 1.82) is 0 Å². The molecule has 4 aromatic carbocycles. The summed E-state index contributed by atoms with van der Waals surface area (Å²) in [7, 11) is 5.19. The molecule has 1 saturated heterocycles. The summed E-state index contributed by atoms with van der Waals surface area (Å²) in [6.45, 7) is 12.2. The zero-order valence-electron chi connectivity index (χ0n) is 49.9. The van der Waals surface area contributed by atoms with Gasteiger partial charge in [0.25, 0.3) is 23.6 Å². The molecule has 5 heterocycles. The van der Waals surface area contributed by atoms with Crippen LogP contribution in [0.3, 0.4) is 0 Å². The Bertz CT molecular complexity index is 3350. The number of unbranched alkanes of at least 4 members (excludes halogenated alkanes) is 2. The van der Waals surface area contributed by atoms with Gasteiger partial charge in [-0.2, -0.15) is 0 Å². The molecule has 1 unspecified atom stereocenters. The molecule has 1 fully saturated rings. The van der Waals surface area contributed by atoms with Crippen molar-refractivity contribution in [3.8, 4) is 23.0 Å². The number of fused-ring (bicyclic) bond motifs is 3. The highest BCUT2D eigenvalue weighted by Gasteiger charge is 2.34. The van der Waals surface area contributed by atoms with Gasteiger partial charge in [-0.1, -0.05) is 51.5 Å². The largest absolute Gasteiger partial charge is 0.493 e. The first-order valence-corrected chi connectivity index (χ1v) is 29.4. The van der Waals surface area contributed by atoms with Crippen LogP contribution >= 0.6 is 0 Å². The second-order valence-corrected chi connectivity index (χ2v) is 22.2. The number of anilines is 2. The molecule has 86 heavy (non-hydrogen) atoms. The van der Waals surface area contributed by atoms with E-state index < -0.39 is 23.9 Å². The van der Waals surface area contributed by atoms with Crippen molar-refractivity contribution in [2.45, 2.75) is 90.8 Å². The average Bonchev–Trinajstić information content (AvgIpc) is 1.96. The van der Waals surface area contributed by atoms with Crippen LogP contribution in [-0.4, -0.2) is 165 Å². The van der Waals surface area contributed by atoms with Gasteiger partial charge in [-0.25, -0.2) is 0 Å². The molecule has 4 aromatic rings. The van der Waals surface area contributed by atoms with E-state index in [1.807, 2.05) is 31.5 Å². The monoisotopic (exact) mass is 1170 g/mol. The van der Waals surface area contributed by atoms with E-state index in [0.717, 1.165) is 53.4 Å². The summed E-state index contributed by atoms with van der Waals surface area (Å²) in [4.78, 5) is 110. The molecule has 0 bridgehead atoms. The van der Waals surface area contributed by atoms with Crippen molar-refractivity contribution in [3.63, 3.8) is 0 Å². The highest BCUT2D eigenvalue weighted by Crippen LogP contribution is 2.41. The summed E-state index contributed by atoms with van der Waals surface area (Å²) in [5.74, 6) is -1.03. The minimum Gasteiger partial charge on any atom is -0.493 e. The van der Waals surface area contributed by atoms with E-state index >= 15 is 0 Å². The van der Waals surface area contributed by atoms with Crippen molar-refractivity contribution >= 4 is 87.7 Å². The Labute approximate surface area is 501 Å². The maximum Gasteiger partial charge on any atom is 0.260 e. The molecule has 21 nitrogen and oxygen atoms in total. The van der Waals surface area contributed by atoms with E-state index in [-0.39, 0.29) is 74.2 Å². The molecule has 5 aliphatic rings. The molecular formula is C65H76N10O11. The van der Waals surface area contributed by atoms with Gasteiger partial charge in [0.1, 0.15) is 12.1 Å². The van der Waals surface area contributed by atoms with Crippen LogP contribution in [0.25, 0.3) is 11.1 Å². The molecular weight excluding hydrogens is 1100 g/mol. The number of benzene rings is 4. The first-order chi connectivity index (χ1) is 41.5. The van der Waals surface area contributed by atoms with Gasteiger partial charge < -0.3 is 54.5 Å². The second-order valence-electron chi connectivity index (χ2n) is 22.2. The number of nitrogens with one attached hydrogen (secondary N) is 3. The van der Waals surface area contributed by atoms with Crippen LogP contribution in [-0.2, 0) is 24.0 Å². The molecule has 0 aliphatic carbocycles. The standard InChI is InChI=1S/C65H76N10O11/c1-8-43(44-14-18-47(19-15-44)69-62(79)42(4)68-63(80)61(41(2)3)70-58(76)13-10-9-11-25-74-59(77)22-23-60(74)78)39-73-26-24-66-52-36-56(54(83-6)34-50(52)64(73)81)85-31-12-32-86-57-37-53-51(35-55(57)84-7)65(82)75-40-46(33-49(75)38-67-53)45-16-20-48(21-17-45)72-29-27-71(5)28-30-72/h14-24,34-42,49,61H,8-13,25-33H2,1-7H3,(H,68,80)(H,69,79)(H,70,76)/b43-39+/t42-,49-,61?/m0/s1. The van der Waals surface area contributed by atoms with Gasteiger partial charge >= 0.3 is 0 Å². The minimum atomic E-state index is -0.931. The number of hydrogen-bond donors (Lipinski definition) is 3. The predicted molar refractivity (Wildman–Crippen MR) is 330 cm³/mol. The summed E-state index contributed by atoms with van der Waals surface area (Å²) >= 11 is 0. The first kappa shape index (κ1) is 61.5. The Kier molecular flexibility index (Phi) is 20.1. The van der Waals surface area contributed by atoms with E-state index in [1.54, 1.807) is 79.4 Å². The van der Waals surface area contributed by atoms with Crippen LogP contribution in [0.1, 0.15) is 104 Å². The van der Waals surface area contributed by atoms with E-state index in [2.05, 4.69) is 62.1 Å². The lowest BCUT2D eigenvalue weighted by molar-refractivity contribution is -0.137. The number of allylic oxidation sites excluding steroid dienone is 1. The highest BCUT2D eigenvalue weighted by atomic mass is 16.5. The van der Waals surface area contributed by atoms with Gasteiger partial charge in [0.05, 0.1) is 62.5 Å². The van der Waals surface area contributed by atoms with Crippen molar-refractivity contribution in [1.82, 2.24) is 30.2 Å². The van der Waals surface area contributed by atoms with Crippen LogP contribution in [0.15, 0.2) is 107 Å². The summed E-state index contributed by atoms with van der Waals surface area (Å²) < 4.78 is 23.8. The van der Waals surface area contributed by atoms with Crippen LogP contribution < -0.4 is 39.8 Å². The molecule has 5 aliphatic heterocycles. The SMILES string of the molecule is CC/C(=C\N1CC=Nc2cc(OCCCOc3cc4c(cc3OC)C(=O)N3C=C(c5ccc(N6CCN(C)CC6)cc5)C[C@H]3C=N4)c(OC)cc2C1=O)c1ccc(NC(=O)[C@H](C)NC(=O)C(NC(=O)CCCCCN2C(=O)C=CC2=O)C(C)C)cc1. The van der Waals surface area contributed by atoms with Crippen molar-refractivity contribution in [3.05, 3.63) is 120 Å². The lowest BCUT2D eigenvalue weighted by Gasteiger charge is -2.34. The van der Waals surface area contributed by atoms with Gasteiger partial charge in [-0.05, 0) is 97.8 Å². The van der Waals surface area contributed by atoms with Gasteiger partial charge in [-0.3, -0.25) is 48.4 Å². The predicted octanol–water partition coefficient (Wildman–Crippen LogP) is 7.95. The third-order valence-electron chi connectivity index (χ3n) is 15.8. The van der Waals surface area contributed by atoms with Gasteiger partial charge in [0.2, 0.25) is 17.7 Å². The number of carbonyl (C=O) groups is 7. The Hall–Kier alpha value is -9.11. The maximum atomic E-state index is 14.2. The number of piperazine rings is 1. The van der Waals surface area contributed by atoms with Crippen molar-refractivity contribution in [2.75, 3.05) is 84.0 Å². The Morgan fingerprint density at radius 2 is 1.36 bits per heavy atom. The van der Waals surface area contributed by atoms with Crippen LogP contribution in [0.5, 0.6) is 23.0 Å². The normalized spacial score (nSPS) is 17.4. The fourth-order valence-electron chi connectivity index (χ4n) is 10.7. The number of hydrogen-bond acceptors (Lipinski definition) is 15. The molecule has 452 valence electrons. The van der Waals surface area contributed by atoms with E-state index in [9.17, 15) is 33.6 Å². The van der Waals surface area contributed by atoms with Gasteiger partial charge in [0, 0.05) is 112 Å². The number of imide groups is 1. The summed E-state index contributed by atoms with van der Waals surface area (Å²) in [5.41, 5.74) is 7.22. The molecule has 3 atom stereocenters. The number of amides is 7. The molecule has 3 N–H and O–H groups in total. The number of methoxy groups -OCH3 is 2. The lowest BCUT2D eigenvalue weighted by Crippen LogP contribution is -2.53. The molecule has 21 heteroatoms. The smallest absolute Gasteiger partial charge is 0.260 e. The molecule has 0 radical (unpaired) electrons. The summed E-state index contributed by atoms with van der Waals surface area (Å²) in [5, 5.41) is 8.35. The topological polar surface area (TPSA) is 233 Å². The Morgan fingerprint density at radius 3 is 1.99 bits per heavy atom. The zero-order chi connectivity index (χ0) is 61.0. The Balaban J connectivity index is 0.741. The lowest BCUT2D eigenvalue weighted by atomic mass is 10.0. The zero-order valence-corrected chi connectivity index (χ0v) is 49.9. The Morgan fingerprint density at radius 1 is 0.721 bits per heavy atom. The third-order valence-corrected chi connectivity index (χ3v) is 15.8. The van der Waals surface area contributed by atoms with Crippen molar-refractivity contribution in [2.24, 2.45) is 15.9 Å². The minimum absolute atomic E-state index is 0.161. The first-order valence-electron chi connectivity index (χ1n) is 29.4. The highest BCUT2D eigenvalue weighted by molar-refractivity contribution is 6.13. The second kappa shape index (κ2) is 28.2. The number of carbonyl (C=O) groups excluding carboxylic acids is 7. The average molecular weight is 1170 g/mol. The number of likely N-dealkylation sites (N-methyl/N-ethyl adjacent to an activating group) is 1. The van der Waals surface area contributed by atoms with E-state index in [0.29, 0.717) is 89.7 Å². The van der Waals surface area contributed by atoms with E-state index in [4.69, 9.17) is 23.9 Å². The molecule has 0 saturated carbocycles. The van der Waals surface area contributed by atoms with Crippen molar-refractivity contribution < 1.29 is 52.5 Å². The summed E-state index contributed by atoms with van der Waals surface area (Å²) in [6.07, 6.45) is 13.3. The third kappa shape index (κ3) is 14.7. The fourth-order valence-corrected chi connectivity index (χ4v) is 10.7. The van der Waals surface area contributed by atoms with Crippen LogP contribution in [0.2, 0.25) is 0 Å².